The van der Waals surface area contributed by atoms with Crippen LogP contribution in [0.1, 0.15) is 25.6 Å². The number of phenolic OH excluding ortho intramolecular Hbond substituents is 1. The van der Waals surface area contributed by atoms with Gasteiger partial charge in [-0.3, -0.25) is 0 Å². The Morgan fingerprint density at radius 3 is 2.59 bits per heavy atom. The average molecular weight is 298 g/mol. The monoisotopic (exact) mass is 298 g/mol. The van der Waals surface area contributed by atoms with Crippen molar-refractivity contribution in [1.29, 1.82) is 0 Å². The van der Waals surface area contributed by atoms with E-state index in [1.165, 1.54) is 0 Å². The number of nitrogens with one attached hydrogen (secondary N) is 1. The van der Waals surface area contributed by atoms with E-state index in [9.17, 15) is 5.11 Å². The van der Waals surface area contributed by atoms with Gasteiger partial charge in [-0.15, -0.1) is 0 Å². The Kier molecular flexibility index (Phi) is 4.24. The van der Waals surface area contributed by atoms with Gasteiger partial charge in [0.1, 0.15) is 17.3 Å². The van der Waals surface area contributed by atoms with Gasteiger partial charge >= 0.3 is 0 Å². The molecule has 3 rings (SSSR count). The van der Waals surface area contributed by atoms with Crippen LogP contribution in [0, 0.1) is 0 Å². The van der Waals surface area contributed by atoms with Gasteiger partial charge in [-0.1, -0.05) is 26.0 Å². The van der Waals surface area contributed by atoms with Crippen LogP contribution in [0.5, 0.6) is 5.75 Å². The average Bonchev–Trinajstić information content (AvgIpc) is 2.55. The number of para-hydroxylation sites is 1. The third kappa shape index (κ3) is 2.90. The van der Waals surface area contributed by atoms with Gasteiger partial charge in [0, 0.05) is 37.7 Å². The maximum absolute atomic E-state index is 10.2. The molecule has 2 heterocycles. The minimum atomic E-state index is 0.252. The number of phenols is 1. The van der Waals surface area contributed by atoms with Gasteiger partial charge in [0.05, 0.1) is 11.9 Å². The zero-order valence-electron chi connectivity index (χ0n) is 13.1. The summed E-state index contributed by atoms with van der Waals surface area (Å²) in [5, 5.41) is 13.6. The molecule has 0 radical (unpaired) electrons. The number of anilines is 1. The summed E-state index contributed by atoms with van der Waals surface area (Å²) in [6.45, 7) is 7.90. The first-order valence-corrected chi connectivity index (χ1v) is 7.78. The topological polar surface area (TPSA) is 61.3 Å². The Labute approximate surface area is 131 Å². The third-order valence-electron chi connectivity index (χ3n) is 3.92. The van der Waals surface area contributed by atoms with Crippen LogP contribution in [0.15, 0.2) is 30.5 Å². The molecule has 2 N–H and O–H groups in total. The SMILES string of the molecule is CC(C)c1ncc(N2CCNCC2)c(-c2ccccc2O)n1. The summed E-state index contributed by atoms with van der Waals surface area (Å²) in [5.41, 5.74) is 2.58. The highest BCUT2D eigenvalue weighted by molar-refractivity contribution is 5.78. The van der Waals surface area contributed by atoms with Crippen molar-refractivity contribution in [3.63, 3.8) is 0 Å². The van der Waals surface area contributed by atoms with Crippen LogP contribution in [0.4, 0.5) is 5.69 Å². The van der Waals surface area contributed by atoms with E-state index in [-0.39, 0.29) is 11.7 Å². The van der Waals surface area contributed by atoms with Gasteiger partial charge in [0.2, 0.25) is 0 Å². The molecule has 1 aliphatic heterocycles. The van der Waals surface area contributed by atoms with Crippen LogP contribution in [-0.4, -0.2) is 41.3 Å². The first kappa shape index (κ1) is 14.8. The molecule has 1 saturated heterocycles. The highest BCUT2D eigenvalue weighted by atomic mass is 16.3. The Hall–Kier alpha value is -2.14. The molecule has 1 fully saturated rings. The fourth-order valence-corrected chi connectivity index (χ4v) is 2.68. The Morgan fingerprint density at radius 2 is 1.91 bits per heavy atom. The van der Waals surface area contributed by atoms with Crippen LogP contribution < -0.4 is 10.2 Å². The summed E-state index contributed by atoms with van der Waals surface area (Å²) in [7, 11) is 0. The van der Waals surface area contributed by atoms with Crippen molar-refractivity contribution in [2.45, 2.75) is 19.8 Å². The normalized spacial score (nSPS) is 15.3. The van der Waals surface area contributed by atoms with E-state index in [2.05, 4.69) is 29.0 Å². The van der Waals surface area contributed by atoms with Crippen molar-refractivity contribution in [1.82, 2.24) is 15.3 Å². The predicted octanol–water partition coefficient (Wildman–Crippen LogP) is 2.38. The van der Waals surface area contributed by atoms with Gasteiger partial charge in [0.25, 0.3) is 0 Å². The number of aromatic nitrogens is 2. The van der Waals surface area contributed by atoms with Crippen LogP contribution >= 0.6 is 0 Å². The second kappa shape index (κ2) is 6.32. The van der Waals surface area contributed by atoms with E-state index >= 15 is 0 Å². The van der Waals surface area contributed by atoms with E-state index < -0.39 is 0 Å². The molecule has 1 aliphatic rings. The molecule has 0 unspecified atom stereocenters. The maximum Gasteiger partial charge on any atom is 0.131 e. The largest absolute Gasteiger partial charge is 0.507 e. The Balaban J connectivity index is 2.11. The minimum absolute atomic E-state index is 0.252. The molecule has 5 nitrogen and oxygen atoms in total. The standard InChI is InChI=1S/C17H22N4O/c1-12(2)17-19-11-14(21-9-7-18-8-10-21)16(20-17)13-5-3-4-6-15(13)22/h3-6,11-12,18,22H,7-10H2,1-2H3. The smallest absolute Gasteiger partial charge is 0.131 e. The lowest BCUT2D eigenvalue weighted by atomic mass is 10.1. The molecule has 116 valence electrons. The van der Waals surface area contributed by atoms with E-state index in [1.807, 2.05) is 24.4 Å². The van der Waals surface area contributed by atoms with Crippen LogP contribution in [0.2, 0.25) is 0 Å². The Bertz CT molecular complexity index is 651. The number of piperazine rings is 1. The molecule has 0 atom stereocenters. The summed E-state index contributed by atoms with van der Waals surface area (Å²) in [6, 6.07) is 7.36. The predicted molar refractivity (Wildman–Crippen MR) is 88.3 cm³/mol. The molecular formula is C17H22N4O. The van der Waals surface area contributed by atoms with Crippen LogP contribution in [0.25, 0.3) is 11.3 Å². The van der Waals surface area contributed by atoms with E-state index in [1.54, 1.807) is 6.07 Å². The van der Waals surface area contributed by atoms with Crippen LogP contribution in [0.3, 0.4) is 0 Å². The van der Waals surface area contributed by atoms with Crippen molar-refractivity contribution < 1.29 is 5.11 Å². The van der Waals surface area contributed by atoms with Gasteiger partial charge in [-0.25, -0.2) is 9.97 Å². The van der Waals surface area contributed by atoms with Crippen molar-refractivity contribution in [3.05, 3.63) is 36.3 Å². The lowest BCUT2D eigenvalue weighted by Gasteiger charge is -2.30. The molecule has 22 heavy (non-hydrogen) atoms. The summed E-state index contributed by atoms with van der Waals surface area (Å²) in [4.78, 5) is 11.5. The quantitative estimate of drug-likeness (QED) is 0.911. The first-order valence-electron chi connectivity index (χ1n) is 7.78. The molecular weight excluding hydrogens is 276 g/mol. The number of hydrogen-bond donors (Lipinski definition) is 2. The molecule has 1 aromatic carbocycles. The van der Waals surface area contributed by atoms with Crippen LogP contribution in [-0.2, 0) is 0 Å². The highest BCUT2D eigenvalue weighted by Crippen LogP contribution is 2.35. The molecule has 0 bridgehead atoms. The van der Waals surface area contributed by atoms with Crippen molar-refractivity contribution in [2.24, 2.45) is 0 Å². The number of hydrogen-bond acceptors (Lipinski definition) is 5. The summed E-state index contributed by atoms with van der Waals surface area (Å²) in [5.74, 6) is 1.31. The molecule has 0 amide bonds. The van der Waals surface area contributed by atoms with E-state index in [0.29, 0.717) is 0 Å². The van der Waals surface area contributed by atoms with Gasteiger partial charge in [-0.05, 0) is 12.1 Å². The summed E-state index contributed by atoms with van der Waals surface area (Å²) in [6.07, 6.45) is 1.90. The third-order valence-corrected chi connectivity index (χ3v) is 3.92. The second-order valence-electron chi connectivity index (χ2n) is 5.87. The molecule has 2 aromatic rings. The minimum Gasteiger partial charge on any atom is -0.507 e. The van der Waals surface area contributed by atoms with Crippen molar-refractivity contribution >= 4 is 5.69 Å². The molecule has 5 heteroatoms. The zero-order chi connectivity index (χ0) is 15.5. The lowest BCUT2D eigenvalue weighted by Crippen LogP contribution is -2.43. The van der Waals surface area contributed by atoms with E-state index in [0.717, 1.165) is 48.9 Å². The molecule has 0 spiro atoms. The summed E-state index contributed by atoms with van der Waals surface area (Å²) < 4.78 is 0. The molecule has 0 saturated carbocycles. The fourth-order valence-electron chi connectivity index (χ4n) is 2.68. The van der Waals surface area contributed by atoms with Gasteiger partial charge in [-0.2, -0.15) is 0 Å². The number of aromatic hydroxyl groups is 1. The first-order chi connectivity index (χ1) is 10.7. The van der Waals surface area contributed by atoms with Gasteiger partial charge in [0.15, 0.2) is 0 Å². The zero-order valence-corrected chi connectivity index (χ0v) is 13.1. The number of rotatable bonds is 3. The van der Waals surface area contributed by atoms with E-state index in [4.69, 9.17) is 4.98 Å². The van der Waals surface area contributed by atoms with Crippen molar-refractivity contribution in [3.8, 4) is 17.0 Å². The highest BCUT2D eigenvalue weighted by Gasteiger charge is 2.20. The van der Waals surface area contributed by atoms with Gasteiger partial charge < -0.3 is 15.3 Å². The van der Waals surface area contributed by atoms with Crippen molar-refractivity contribution in [2.75, 3.05) is 31.1 Å². The lowest BCUT2D eigenvalue weighted by molar-refractivity contribution is 0.477. The maximum atomic E-state index is 10.2. The Morgan fingerprint density at radius 1 is 1.18 bits per heavy atom. The molecule has 1 aromatic heterocycles. The fraction of sp³-hybridized carbons (Fsp3) is 0.412. The second-order valence-corrected chi connectivity index (χ2v) is 5.87. The summed E-state index contributed by atoms with van der Waals surface area (Å²) >= 11 is 0. The number of nitrogens with zero attached hydrogens (tertiary/aromatic N) is 3. The number of benzene rings is 1. The molecule has 0 aliphatic carbocycles.